The van der Waals surface area contributed by atoms with Crippen molar-refractivity contribution in [3.63, 3.8) is 0 Å². The van der Waals surface area contributed by atoms with Crippen molar-refractivity contribution in [1.82, 2.24) is 25.1 Å². The summed E-state index contributed by atoms with van der Waals surface area (Å²) in [5.41, 5.74) is 9.09. The maximum absolute atomic E-state index is 14.4. The molecule has 5 aromatic rings. The number of nitrogen functional groups attached to an aromatic ring is 1. The second kappa shape index (κ2) is 7.20. The Morgan fingerprint density at radius 2 is 1.89 bits per heavy atom. The molecular formula is C25H20F3N7O. The zero-order valence-corrected chi connectivity index (χ0v) is 18.9. The van der Waals surface area contributed by atoms with E-state index in [4.69, 9.17) is 5.73 Å². The van der Waals surface area contributed by atoms with Crippen molar-refractivity contribution < 1.29 is 13.2 Å². The zero-order chi connectivity index (χ0) is 24.8. The van der Waals surface area contributed by atoms with Gasteiger partial charge in [0.05, 0.1) is 30.3 Å². The largest absolute Gasteiger partial charge is 0.394 e. The fourth-order valence-corrected chi connectivity index (χ4v) is 5.45. The number of nitrogens with zero attached hydrogens (tertiary/aromatic N) is 4. The van der Waals surface area contributed by atoms with Crippen LogP contribution in [0.25, 0.3) is 43.8 Å². The lowest BCUT2D eigenvalue weighted by molar-refractivity contribution is -0.148. The van der Waals surface area contributed by atoms with E-state index in [-0.39, 0.29) is 30.3 Å². The summed E-state index contributed by atoms with van der Waals surface area (Å²) in [6, 6.07) is 8.63. The Morgan fingerprint density at radius 3 is 2.67 bits per heavy atom. The third-order valence-electron chi connectivity index (χ3n) is 7.31. The number of halogens is 3. The highest BCUT2D eigenvalue weighted by molar-refractivity contribution is 6.17. The summed E-state index contributed by atoms with van der Waals surface area (Å²) >= 11 is 0. The lowest BCUT2D eigenvalue weighted by Crippen LogP contribution is -2.69. The molecule has 0 saturated carbocycles. The number of rotatable bonds is 3. The SMILES string of the molecule is Nc1c(-c2ccc(F)c3[nH]ncc23)c2cc(N3CC(N4CC(F)(F)C4)C3)c3cccnc3c2[nH]c1=O. The number of alkyl halides is 2. The van der Waals surface area contributed by atoms with E-state index in [0.717, 1.165) is 11.1 Å². The van der Waals surface area contributed by atoms with Gasteiger partial charge in [0.25, 0.3) is 11.5 Å². The van der Waals surface area contributed by atoms with Crippen LogP contribution in [0.4, 0.5) is 24.5 Å². The fraction of sp³-hybridized carbons (Fsp3) is 0.240. The first-order chi connectivity index (χ1) is 17.3. The van der Waals surface area contributed by atoms with Crippen LogP contribution in [0, 0.1) is 5.82 Å². The van der Waals surface area contributed by atoms with Crippen LogP contribution in [0.15, 0.2) is 47.5 Å². The van der Waals surface area contributed by atoms with Crippen molar-refractivity contribution in [1.29, 1.82) is 0 Å². The van der Waals surface area contributed by atoms with E-state index in [9.17, 15) is 18.0 Å². The monoisotopic (exact) mass is 491 g/mol. The Labute approximate surface area is 201 Å². The summed E-state index contributed by atoms with van der Waals surface area (Å²) in [5.74, 6) is -3.07. The number of anilines is 2. The molecule has 4 N–H and O–H groups in total. The predicted octanol–water partition coefficient (Wildman–Crippen LogP) is 3.48. The second-order valence-electron chi connectivity index (χ2n) is 9.53. The topological polar surface area (TPSA) is 107 Å². The highest BCUT2D eigenvalue weighted by atomic mass is 19.3. The minimum Gasteiger partial charge on any atom is -0.394 e. The fourth-order valence-electron chi connectivity index (χ4n) is 5.45. The quantitative estimate of drug-likeness (QED) is 0.334. The Bertz CT molecular complexity index is 1750. The number of nitrogens with two attached hydrogens (primary N) is 1. The lowest BCUT2D eigenvalue weighted by atomic mass is 9.93. The van der Waals surface area contributed by atoms with E-state index in [1.54, 1.807) is 17.2 Å². The van der Waals surface area contributed by atoms with Gasteiger partial charge < -0.3 is 15.6 Å². The van der Waals surface area contributed by atoms with Crippen molar-refractivity contribution in [3.05, 3.63) is 58.9 Å². The van der Waals surface area contributed by atoms with Crippen LogP contribution in [-0.4, -0.2) is 63.2 Å². The van der Waals surface area contributed by atoms with Gasteiger partial charge in [0.1, 0.15) is 17.0 Å². The molecule has 5 heterocycles. The Kier molecular flexibility index (Phi) is 4.24. The molecule has 0 unspecified atom stereocenters. The van der Waals surface area contributed by atoms with E-state index < -0.39 is 17.3 Å². The molecule has 182 valence electrons. The van der Waals surface area contributed by atoms with Crippen LogP contribution >= 0.6 is 0 Å². The second-order valence-corrected chi connectivity index (χ2v) is 9.53. The summed E-state index contributed by atoms with van der Waals surface area (Å²) in [7, 11) is 0. The van der Waals surface area contributed by atoms with Gasteiger partial charge in [-0.15, -0.1) is 0 Å². The average molecular weight is 491 g/mol. The number of aromatic amines is 2. The van der Waals surface area contributed by atoms with Crippen molar-refractivity contribution in [3.8, 4) is 11.1 Å². The number of H-pyrrole nitrogens is 2. The molecule has 0 spiro atoms. The van der Waals surface area contributed by atoms with E-state index in [2.05, 4.69) is 25.1 Å². The number of hydrogen-bond acceptors (Lipinski definition) is 6. The van der Waals surface area contributed by atoms with Crippen LogP contribution in [0.3, 0.4) is 0 Å². The standard InChI is InChI=1S/C25H20F3N7O/c26-17-4-3-13(16-7-31-33-21(16)17)19-15-6-18(34-8-12(9-34)35-10-25(27,28)11-35)14-2-1-5-30-22(14)23(15)32-24(36)20(19)29/h1-7,12H,8-11,29H2,(H,31,33)(H,32,36). The van der Waals surface area contributed by atoms with Gasteiger partial charge in [-0.25, -0.2) is 13.2 Å². The third-order valence-corrected chi connectivity index (χ3v) is 7.31. The molecule has 0 radical (unpaired) electrons. The molecular weight excluding hydrogens is 471 g/mol. The van der Waals surface area contributed by atoms with Crippen molar-refractivity contribution in [2.75, 3.05) is 36.8 Å². The molecule has 2 aliphatic rings. The van der Waals surface area contributed by atoms with Crippen LogP contribution in [-0.2, 0) is 0 Å². The zero-order valence-electron chi connectivity index (χ0n) is 18.9. The van der Waals surface area contributed by atoms with Gasteiger partial charge in [0, 0.05) is 52.7 Å². The molecule has 2 aliphatic heterocycles. The van der Waals surface area contributed by atoms with Crippen LogP contribution < -0.4 is 16.2 Å². The number of benzene rings is 2. The minimum absolute atomic E-state index is 0.00198. The first-order valence-electron chi connectivity index (χ1n) is 11.5. The number of hydrogen-bond donors (Lipinski definition) is 3. The normalized spacial score (nSPS) is 18.1. The third kappa shape index (κ3) is 2.95. The van der Waals surface area contributed by atoms with Crippen molar-refractivity contribution in [2.45, 2.75) is 12.0 Å². The van der Waals surface area contributed by atoms with Gasteiger partial charge in [0.15, 0.2) is 0 Å². The Morgan fingerprint density at radius 1 is 1.08 bits per heavy atom. The molecule has 3 aromatic heterocycles. The van der Waals surface area contributed by atoms with Gasteiger partial charge in [-0.2, -0.15) is 5.10 Å². The van der Waals surface area contributed by atoms with E-state index in [0.29, 0.717) is 46.0 Å². The molecule has 2 saturated heterocycles. The summed E-state index contributed by atoms with van der Waals surface area (Å²) in [6.45, 7) is 0.780. The van der Waals surface area contributed by atoms with E-state index in [1.165, 1.54) is 12.3 Å². The number of aromatic nitrogens is 4. The lowest BCUT2D eigenvalue weighted by Gasteiger charge is -2.52. The summed E-state index contributed by atoms with van der Waals surface area (Å²) in [4.78, 5) is 24.3. The summed E-state index contributed by atoms with van der Waals surface area (Å²) in [5, 5.41) is 8.62. The van der Waals surface area contributed by atoms with Crippen LogP contribution in [0.2, 0.25) is 0 Å². The maximum atomic E-state index is 14.4. The van der Waals surface area contributed by atoms with E-state index in [1.807, 2.05) is 18.2 Å². The Balaban J connectivity index is 1.43. The number of pyridine rings is 2. The highest BCUT2D eigenvalue weighted by Gasteiger charge is 2.49. The molecule has 0 atom stereocenters. The van der Waals surface area contributed by atoms with E-state index >= 15 is 0 Å². The predicted molar refractivity (Wildman–Crippen MR) is 132 cm³/mol. The van der Waals surface area contributed by atoms with Crippen LogP contribution in [0.1, 0.15) is 0 Å². The van der Waals surface area contributed by atoms with Crippen LogP contribution in [0.5, 0.6) is 0 Å². The highest BCUT2D eigenvalue weighted by Crippen LogP contribution is 2.42. The number of fused-ring (bicyclic) bond motifs is 4. The van der Waals surface area contributed by atoms with Gasteiger partial charge in [0.2, 0.25) is 0 Å². The Hall–Kier alpha value is -4.12. The molecule has 2 aromatic carbocycles. The smallest absolute Gasteiger partial charge is 0.272 e. The maximum Gasteiger partial charge on any atom is 0.272 e. The molecule has 36 heavy (non-hydrogen) atoms. The molecule has 2 fully saturated rings. The van der Waals surface area contributed by atoms with Crippen molar-refractivity contribution in [2.24, 2.45) is 0 Å². The number of likely N-dealkylation sites (tertiary alicyclic amines) is 1. The summed E-state index contributed by atoms with van der Waals surface area (Å²) in [6.07, 6.45) is 3.15. The molecule has 7 rings (SSSR count). The molecule has 0 aliphatic carbocycles. The minimum atomic E-state index is -2.61. The molecule has 0 bridgehead atoms. The van der Waals surface area contributed by atoms with Gasteiger partial charge in [-0.05, 0) is 29.8 Å². The number of nitrogens with one attached hydrogen (secondary N) is 2. The van der Waals surface area contributed by atoms with Gasteiger partial charge in [-0.3, -0.25) is 19.8 Å². The van der Waals surface area contributed by atoms with Gasteiger partial charge >= 0.3 is 0 Å². The molecule has 8 nitrogen and oxygen atoms in total. The molecule has 11 heteroatoms. The first kappa shape index (κ1) is 21.2. The average Bonchev–Trinajstić information content (AvgIpc) is 3.30. The first-order valence-corrected chi connectivity index (χ1v) is 11.5. The molecule has 0 amide bonds. The summed E-state index contributed by atoms with van der Waals surface area (Å²) < 4.78 is 41.1. The van der Waals surface area contributed by atoms with Crippen molar-refractivity contribution >= 4 is 44.1 Å². The van der Waals surface area contributed by atoms with Gasteiger partial charge in [-0.1, -0.05) is 6.07 Å².